The summed E-state index contributed by atoms with van der Waals surface area (Å²) < 4.78 is 5.19. The third-order valence-electron chi connectivity index (χ3n) is 2.09. The summed E-state index contributed by atoms with van der Waals surface area (Å²) in [5.41, 5.74) is 8.24. The zero-order chi connectivity index (χ0) is 9.26. The van der Waals surface area contributed by atoms with Crippen LogP contribution in [-0.2, 0) is 0 Å². The van der Waals surface area contributed by atoms with E-state index in [1.54, 1.807) is 13.2 Å². The van der Waals surface area contributed by atoms with Gasteiger partial charge in [0.15, 0.2) is 0 Å². The zero-order valence-electron chi connectivity index (χ0n) is 7.37. The van der Waals surface area contributed by atoms with Crippen molar-refractivity contribution in [2.45, 2.75) is 0 Å². The normalized spacial score (nSPS) is 10.2. The van der Waals surface area contributed by atoms with E-state index in [2.05, 4.69) is 0 Å². The number of benzene rings is 2. The summed E-state index contributed by atoms with van der Waals surface area (Å²) in [6.07, 6.45) is 0. The molecule has 0 aromatic heterocycles. The number of hydrogen-bond acceptors (Lipinski definition) is 1. The highest BCUT2D eigenvalue weighted by Crippen LogP contribution is 2.30. The average Bonchev–Trinajstić information content (AvgIpc) is 2.17. The van der Waals surface area contributed by atoms with Gasteiger partial charge in [-0.15, -0.1) is 0 Å². The van der Waals surface area contributed by atoms with Crippen molar-refractivity contribution >= 4 is 16.5 Å². The van der Waals surface area contributed by atoms with Crippen LogP contribution in [0.25, 0.3) is 10.8 Å². The maximum absolute atomic E-state index is 7.73. The second kappa shape index (κ2) is 2.98. The first-order chi connectivity index (χ1) is 6.33. The van der Waals surface area contributed by atoms with Gasteiger partial charge in [-0.1, -0.05) is 24.3 Å². The fraction of sp³-hybridized carbons (Fsp3) is 0.0909. The predicted octanol–water partition coefficient (Wildman–Crippen LogP) is 2.76. The first-order valence-electron chi connectivity index (χ1n) is 4.10. The second-order valence-electron chi connectivity index (χ2n) is 2.86. The summed E-state index contributed by atoms with van der Waals surface area (Å²) in [7, 11) is 1.63. The van der Waals surface area contributed by atoms with Gasteiger partial charge in [0.05, 0.1) is 12.8 Å². The largest absolute Gasteiger partial charge is 0.496 e. The zero-order valence-corrected chi connectivity index (χ0v) is 7.37. The minimum absolute atomic E-state index is 0.509. The van der Waals surface area contributed by atoms with Crippen molar-refractivity contribution in [1.82, 2.24) is 5.73 Å². The van der Waals surface area contributed by atoms with E-state index < -0.39 is 0 Å². The lowest BCUT2D eigenvalue weighted by atomic mass is 10.1. The molecule has 0 saturated heterocycles. The van der Waals surface area contributed by atoms with E-state index in [1.165, 1.54) is 0 Å². The van der Waals surface area contributed by atoms with Gasteiger partial charge in [0.2, 0.25) is 0 Å². The number of ether oxygens (including phenoxy) is 1. The van der Waals surface area contributed by atoms with E-state index in [9.17, 15) is 0 Å². The molecule has 0 unspecified atom stereocenters. The maximum Gasteiger partial charge on any atom is 0.128 e. The molecule has 65 valence electrons. The van der Waals surface area contributed by atoms with Crippen molar-refractivity contribution in [3.63, 3.8) is 0 Å². The summed E-state index contributed by atoms with van der Waals surface area (Å²) >= 11 is 0. The molecule has 2 heteroatoms. The van der Waals surface area contributed by atoms with Gasteiger partial charge in [0, 0.05) is 5.39 Å². The fourth-order valence-electron chi connectivity index (χ4n) is 1.48. The molecule has 0 heterocycles. The minimum atomic E-state index is 0.509. The molecule has 0 aliphatic rings. The SMILES string of the molecule is COc1cccc2cccc([NH])c12. The Labute approximate surface area is 76.9 Å². The van der Waals surface area contributed by atoms with Crippen molar-refractivity contribution in [2.75, 3.05) is 7.11 Å². The molecular weight excluding hydrogens is 162 g/mol. The van der Waals surface area contributed by atoms with Gasteiger partial charge in [0.1, 0.15) is 5.75 Å². The molecule has 0 spiro atoms. The van der Waals surface area contributed by atoms with Crippen molar-refractivity contribution < 1.29 is 4.74 Å². The molecule has 1 radical (unpaired) electrons. The molecule has 2 nitrogen and oxygen atoms in total. The van der Waals surface area contributed by atoms with E-state index in [1.807, 2.05) is 30.3 Å². The van der Waals surface area contributed by atoms with Crippen LogP contribution in [0.4, 0.5) is 5.69 Å². The lowest BCUT2D eigenvalue weighted by Gasteiger charge is -2.06. The van der Waals surface area contributed by atoms with E-state index in [-0.39, 0.29) is 0 Å². The van der Waals surface area contributed by atoms with E-state index in [0.29, 0.717) is 5.69 Å². The Morgan fingerprint density at radius 1 is 1.08 bits per heavy atom. The number of fused-ring (bicyclic) bond motifs is 1. The van der Waals surface area contributed by atoms with Crippen LogP contribution in [-0.4, -0.2) is 7.11 Å². The highest BCUT2D eigenvalue weighted by Gasteiger charge is 2.03. The quantitative estimate of drug-likeness (QED) is 0.651. The average molecular weight is 172 g/mol. The lowest BCUT2D eigenvalue weighted by molar-refractivity contribution is 0.420. The summed E-state index contributed by atoms with van der Waals surface area (Å²) in [4.78, 5) is 0. The van der Waals surface area contributed by atoms with Crippen LogP contribution in [0.1, 0.15) is 0 Å². The Morgan fingerprint density at radius 2 is 1.77 bits per heavy atom. The molecule has 1 N–H and O–H groups in total. The predicted molar refractivity (Wildman–Crippen MR) is 53.3 cm³/mol. The highest BCUT2D eigenvalue weighted by atomic mass is 16.5. The molecular formula is C11H10NO. The van der Waals surface area contributed by atoms with Crippen LogP contribution in [0, 0.1) is 0 Å². The first kappa shape index (κ1) is 7.92. The summed E-state index contributed by atoms with van der Waals surface area (Å²) in [6, 6.07) is 11.4. The highest BCUT2D eigenvalue weighted by molar-refractivity contribution is 5.96. The van der Waals surface area contributed by atoms with E-state index >= 15 is 0 Å². The Morgan fingerprint density at radius 3 is 2.46 bits per heavy atom. The molecule has 2 rings (SSSR count). The van der Waals surface area contributed by atoms with Gasteiger partial charge < -0.3 is 10.5 Å². The van der Waals surface area contributed by atoms with Crippen LogP contribution in [0.15, 0.2) is 36.4 Å². The Kier molecular flexibility index (Phi) is 1.81. The summed E-state index contributed by atoms with van der Waals surface area (Å²) in [5.74, 6) is 0.767. The van der Waals surface area contributed by atoms with Crippen molar-refractivity contribution in [1.29, 1.82) is 0 Å². The van der Waals surface area contributed by atoms with Gasteiger partial charge in [-0.05, 0) is 17.5 Å². The molecule has 0 amide bonds. The number of rotatable bonds is 1. The number of methoxy groups -OCH3 is 1. The maximum atomic E-state index is 7.73. The Balaban J connectivity index is 2.87. The van der Waals surface area contributed by atoms with Gasteiger partial charge in [-0.25, -0.2) is 0 Å². The van der Waals surface area contributed by atoms with E-state index in [0.717, 1.165) is 16.5 Å². The van der Waals surface area contributed by atoms with Gasteiger partial charge >= 0.3 is 0 Å². The summed E-state index contributed by atoms with van der Waals surface area (Å²) in [6.45, 7) is 0. The van der Waals surface area contributed by atoms with Crippen LogP contribution >= 0.6 is 0 Å². The summed E-state index contributed by atoms with van der Waals surface area (Å²) in [5, 5.41) is 1.93. The smallest absolute Gasteiger partial charge is 0.128 e. The van der Waals surface area contributed by atoms with Crippen molar-refractivity contribution in [3.8, 4) is 5.75 Å². The molecule has 13 heavy (non-hydrogen) atoms. The molecule has 0 aliphatic carbocycles. The lowest BCUT2D eigenvalue weighted by Crippen LogP contribution is -1.85. The van der Waals surface area contributed by atoms with Crippen LogP contribution < -0.4 is 10.5 Å². The number of hydrogen-bond donors (Lipinski definition) is 0. The van der Waals surface area contributed by atoms with Gasteiger partial charge in [0.25, 0.3) is 0 Å². The van der Waals surface area contributed by atoms with Crippen molar-refractivity contribution in [3.05, 3.63) is 36.4 Å². The monoisotopic (exact) mass is 172 g/mol. The van der Waals surface area contributed by atoms with Gasteiger partial charge in [-0.2, -0.15) is 0 Å². The van der Waals surface area contributed by atoms with Crippen LogP contribution in [0.2, 0.25) is 0 Å². The van der Waals surface area contributed by atoms with Crippen LogP contribution in [0.3, 0.4) is 0 Å². The first-order valence-corrected chi connectivity index (χ1v) is 4.10. The number of nitrogens with one attached hydrogen (secondary N) is 1. The second-order valence-corrected chi connectivity index (χ2v) is 2.86. The Hall–Kier alpha value is -1.70. The van der Waals surface area contributed by atoms with Crippen LogP contribution in [0.5, 0.6) is 5.75 Å². The minimum Gasteiger partial charge on any atom is -0.496 e. The third kappa shape index (κ3) is 1.20. The van der Waals surface area contributed by atoms with Gasteiger partial charge in [-0.3, -0.25) is 0 Å². The fourth-order valence-corrected chi connectivity index (χ4v) is 1.48. The molecule has 0 bridgehead atoms. The van der Waals surface area contributed by atoms with Crippen molar-refractivity contribution in [2.24, 2.45) is 0 Å². The molecule has 0 saturated carbocycles. The third-order valence-corrected chi connectivity index (χ3v) is 2.09. The molecule has 0 fully saturated rings. The molecule has 0 atom stereocenters. The standard InChI is InChI=1S/C11H10NO/c1-13-10-7-3-5-8-4-2-6-9(12)11(8)10/h2-7,12H,1H3. The molecule has 2 aromatic carbocycles. The topological polar surface area (TPSA) is 33.0 Å². The molecule has 2 aromatic rings. The van der Waals surface area contributed by atoms with E-state index in [4.69, 9.17) is 10.5 Å². The Bertz CT molecular complexity index is 432. The molecule has 0 aliphatic heterocycles.